The number of aryl methyl sites for hydroxylation is 1. The summed E-state index contributed by atoms with van der Waals surface area (Å²) in [5, 5.41) is 5.69. The molecule has 1 aliphatic heterocycles. The van der Waals surface area contributed by atoms with E-state index in [2.05, 4.69) is 31.6 Å². The number of rotatable bonds is 6. The minimum atomic E-state index is 0.924. The first-order chi connectivity index (χ1) is 10.9. The van der Waals surface area contributed by atoms with Crippen molar-refractivity contribution in [2.24, 2.45) is 0 Å². The Morgan fingerprint density at radius 1 is 1.05 bits per heavy atom. The van der Waals surface area contributed by atoms with Gasteiger partial charge in [-0.25, -0.2) is 14.6 Å². The summed E-state index contributed by atoms with van der Waals surface area (Å²) in [6, 6.07) is 0. The van der Waals surface area contributed by atoms with Gasteiger partial charge in [-0.15, -0.1) is 0 Å². The Balaban J connectivity index is 1.68. The maximum Gasteiger partial charge on any atom is 0.161 e. The second kappa shape index (κ2) is 7.68. The van der Waals surface area contributed by atoms with Crippen LogP contribution in [0, 0.1) is 0 Å². The molecular weight excluding hydrogens is 274 g/mol. The summed E-state index contributed by atoms with van der Waals surface area (Å²) in [4.78, 5) is 11.5. The number of nitrogens with zero attached hydrogens (tertiary/aromatic N) is 5. The van der Waals surface area contributed by atoms with Crippen LogP contribution < -0.4 is 0 Å². The fourth-order valence-electron chi connectivity index (χ4n) is 3.24. The zero-order chi connectivity index (χ0) is 15.2. The minimum absolute atomic E-state index is 0.924. The molecular formula is C17H27N5. The van der Waals surface area contributed by atoms with Crippen LogP contribution in [0.15, 0.2) is 12.5 Å². The first kappa shape index (κ1) is 15.4. The highest BCUT2D eigenvalue weighted by Gasteiger charge is 2.12. The Labute approximate surface area is 132 Å². The van der Waals surface area contributed by atoms with Crippen molar-refractivity contribution in [3.05, 3.63) is 18.2 Å². The van der Waals surface area contributed by atoms with E-state index in [-0.39, 0.29) is 0 Å². The van der Waals surface area contributed by atoms with Crippen LogP contribution in [0.2, 0.25) is 0 Å². The molecule has 0 amide bonds. The predicted molar refractivity (Wildman–Crippen MR) is 88.8 cm³/mol. The van der Waals surface area contributed by atoms with E-state index >= 15 is 0 Å². The maximum atomic E-state index is 4.56. The minimum Gasteiger partial charge on any atom is -0.301 e. The highest BCUT2D eigenvalue weighted by molar-refractivity contribution is 5.76. The lowest BCUT2D eigenvalue weighted by Gasteiger charge is -2.19. The van der Waals surface area contributed by atoms with E-state index in [4.69, 9.17) is 0 Å². The molecule has 5 nitrogen and oxygen atoms in total. The number of unbranched alkanes of at least 4 members (excludes halogenated alkanes) is 1. The van der Waals surface area contributed by atoms with Gasteiger partial charge in [-0.2, -0.15) is 5.10 Å². The molecule has 5 heteroatoms. The molecule has 0 aromatic carbocycles. The van der Waals surface area contributed by atoms with Gasteiger partial charge in [0, 0.05) is 6.54 Å². The van der Waals surface area contributed by atoms with E-state index in [0.717, 1.165) is 36.2 Å². The molecule has 0 spiro atoms. The zero-order valence-corrected chi connectivity index (χ0v) is 13.7. The Morgan fingerprint density at radius 2 is 1.86 bits per heavy atom. The summed E-state index contributed by atoms with van der Waals surface area (Å²) in [7, 11) is 0. The quantitative estimate of drug-likeness (QED) is 0.823. The van der Waals surface area contributed by atoms with E-state index in [1.165, 1.54) is 51.6 Å². The molecule has 0 radical (unpaired) electrons. The summed E-state index contributed by atoms with van der Waals surface area (Å²) in [6.07, 6.45) is 12.5. The van der Waals surface area contributed by atoms with Gasteiger partial charge < -0.3 is 4.90 Å². The number of hydrogen-bond donors (Lipinski definition) is 0. The Kier molecular flexibility index (Phi) is 5.38. The van der Waals surface area contributed by atoms with Crippen LogP contribution in [-0.4, -0.2) is 44.3 Å². The lowest BCUT2D eigenvalue weighted by molar-refractivity contribution is 0.270. The summed E-state index contributed by atoms with van der Waals surface area (Å²) in [6.45, 7) is 6.67. The van der Waals surface area contributed by atoms with E-state index in [1.54, 1.807) is 6.33 Å². The second-order valence-electron chi connectivity index (χ2n) is 6.28. The molecule has 0 saturated carbocycles. The van der Waals surface area contributed by atoms with Crippen LogP contribution in [-0.2, 0) is 13.0 Å². The van der Waals surface area contributed by atoms with Gasteiger partial charge in [-0.3, -0.25) is 0 Å². The smallest absolute Gasteiger partial charge is 0.161 e. The number of likely N-dealkylation sites (tertiary alicyclic amines) is 1. The van der Waals surface area contributed by atoms with E-state index in [1.807, 2.05) is 6.20 Å². The molecule has 0 unspecified atom stereocenters. The van der Waals surface area contributed by atoms with Crippen molar-refractivity contribution >= 4 is 11.0 Å². The second-order valence-corrected chi connectivity index (χ2v) is 6.28. The summed E-state index contributed by atoms with van der Waals surface area (Å²) in [5.41, 5.74) is 2.14. The largest absolute Gasteiger partial charge is 0.301 e. The highest BCUT2D eigenvalue weighted by atomic mass is 15.3. The third kappa shape index (κ3) is 3.64. The van der Waals surface area contributed by atoms with Gasteiger partial charge in [0.05, 0.1) is 23.8 Å². The lowest BCUT2D eigenvalue weighted by Crippen LogP contribution is -2.28. The van der Waals surface area contributed by atoms with Gasteiger partial charge in [-0.05, 0) is 38.8 Å². The first-order valence-electron chi connectivity index (χ1n) is 8.76. The monoisotopic (exact) mass is 301 g/mol. The van der Waals surface area contributed by atoms with Crippen LogP contribution >= 0.6 is 0 Å². The molecule has 1 saturated heterocycles. The van der Waals surface area contributed by atoms with Crippen LogP contribution in [0.5, 0.6) is 0 Å². The number of fused-ring (bicyclic) bond motifs is 1. The lowest BCUT2D eigenvalue weighted by atomic mass is 10.1. The van der Waals surface area contributed by atoms with Crippen molar-refractivity contribution in [1.29, 1.82) is 0 Å². The first-order valence-corrected chi connectivity index (χ1v) is 8.76. The van der Waals surface area contributed by atoms with Crippen LogP contribution in [0.1, 0.15) is 51.1 Å². The average molecular weight is 301 g/mol. The Bertz CT molecular complexity index is 584. The molecule has 2 aromatic rings. The summed E-state index contributed by atoms with van der Waals surface area (Å²) in [5.74, 6) is 0. The van der Waals surface area contributed by atoms with Crippen molar-refractivity contribution in [1.82, 2.24) is 24.6 Å². The molecule has 120 valence electrons. The van der Waals surface area contributed by atoms with Gasteiger partial charge in [0.15, 0.2) is 5.65 Å². The van der Waals surface area contributed by atoms with Gasteiger partial charge in [0.1, 0.15) is 6.33 Å². The average Bonchev–Trinajstić information content (AvgIpc) is 2.78. The molecule has 0 bridgehead atoms. The van der Waals surface area contributed by atoms with Gasteiger partial charge in [-0.1, -0.05) is 26.2 Å². The number of aromatic nitrogens is 4. The van der Waals surface area contributed by atoms with Crippen molar-refractivity contribution < 1.29 is 0 Å². The SMILES string of the molecule is CCCCc1ncnc2c1cnn2CCN1CCCCCC1. The van der Waals surface area contributed by atoms with Gasteiger partial charge in [0.2, 0.25) is 0 Å². The van der Waals surface area contributed by atoms with Crippen molar-refractivity contribution in [3.63, 3.8) is 0 Å². The summed E-state index contributed by atoms with van der Waals surface area (Å²) < 4.78 is 2.05. The maximum absolute atomic E-state index is 4.56. The molecule has 1 fully saturated rings. The molecule has 0 N–H and O–H groups in total. The van der Waals surface area contributed by atoms with Crippen molar-refractivity contribution in [2.45, 2.75) is 58.4 Å². The molecule has 3 rings (SSSR count). The van der Waals surface area contributed by atoms with E-state index in [0.29, 0.717) is 0 Å². The molecule has 0 aliphatic carbocycles. The third-order valence-corrected chi connectivity index (χ3v) is 4.61. The van der Waals surface area contributed by atoms with Crippen LogP contribution in [0.3, 0.4) is 0 Å². The normalized spacial score (nSPS) is 17.0. The number of hydrogen-bond acceptors (Lipinski definition) is 4. The standard InChI is InChI=1S/C17H27N5/c1-2-3-8-16-15-13-20-22(17(15)19-14-18-16)12-11-21-9-6-4-5-7-10-21/h13-14H,2-12H2,1H3. The Hall–Kier alpha value is -1.49. The predicted octanol–water partition coefficient (Wildman–Crippen LogP) is 3.04. The van der Waals surface area contributed by atoms with Gasteiger partial charge >= 0.3 is 0 Å². The molecule has 22 heavy (non-hydrogen) atoms. The Morgan fingerprint density at radius 3 is 2.64 bits per heavy atom. The van der Waals surface area contributed by atoms with Crippen LogP contribution in [0.25, 0.3) is 11.0 Å². The fourth-order valence-corrected chi connectivity index (χ4v) is 3.24. The molecule has 1 aliphatic rings. The molecule has 0 atom stereocenters. The van der Waals surface area contributed by atoms with E-state index < -0.39 is 0 Å². The van der Waals surface area contributed by atoms with Crippen molar-refractivity contribution in [3.8, 4) is 0 Å². The highest BCUT2D eigenvalue weighted by Crippen LogP contribution is 2.16. The van der Waals surface area contributed by atoms with Crippen molar-refractivity contribution in [2.75, 3.05) is 19.6 Å². The molecule has 3 heterocycles. The van der Waals surface area contributed by atoms with Gasteiger partial charge in [0.25, 0.3) is 0 Å². The van der Waals surface area contributed by atoms with Crippen LogP contribution in [0.4, 0.5) is 0 Å². The third-order valence-electron chi connectivity index (χ3n) is 4.61. The zero-order valence-electron chi connectivity index (χ0n) is 13.7. The topological polar surface area (TPSA) is 46.8 Å². The molecule has 2 aromatic heterocycles. The summed E-state index contributed by atoms with van der Waals surface area (Å²) >= 11 is 0. The van der Waals surface area contributed by atoms with E-state index in [9.17, 15) is 0 Å². The fraction of sp³-hybridized carbons (Fsp3) is 0.706.